The molecule has 0 aliphatic rings. The number of alkyl halides is 1. The highest BCUT2D eigenvalue weighted by Gasteiger charge is 2.29. The molecular formula is C18H37ClN2. The molecule has 0 rings (SSSR count). The lowest BCUT2D eigenvalue weighted by molar-refractivity contribution is 0.348. The van der Waals surface area contributed by atoms with Crippen molar-refractivity contribution in [3.63, 3.8) is 0 Å². The number of rotatable bonds is 10. The Kier molecular flexibility index (Phi) is 9.76. The highest BCUT2D eigenvalue weighted by molar-refractivity contribution is 6.23. The molecule has 0 fully saturated rings. The number of halogens is 1. The summed E-state index contributed by atoms with van der Waals surface area (Å²) in [5, 5.41) is 9.31. The van der Waals surface area contributed by atoms with Crippen LogP contribution in [-0.2, 0) is 0 Å². The van der Waals surface area contributed by atoms with E-state index in [-0.39, 0.29) is 0 Å². The molecule has 0 radical (unpaired) electrons. The second kappa shape index (κ2) is 9.82. The van der Waals surface area contributed by atoms with Crippen molar-refractivity contribution in [1.82, 2.24) is 0 Å². The molecule has 2 nitrogen and oxygen atoms in total. The van der Waals surface area contributed by atoms with Gasteiger partial charge in [-0.2, -0.15) is 10.2 Å². The van der Waals surface area contributed by atoms with Gasteiger partial charge in [-0.15, -0.1) is 0 Å². The van der Waals surface area contributed by atoms with Crippen LogP contribution in [0.15, 0.2) is 10.2 Å². The molecule has 0 spiro atoms. The van der Waals surface area contributed by atoms with E-state index in [4.69, 9.17) is 11.6 Å². The average molecular weight is 317 g/mol. The highest BCUT2D eigenvalue weighted by atomic mass is 35.5. The van der Waals surface area contributed by atoms with E-state index in [2.05, 4.69) is 65.6 Å². The van der Waals surface area contributed by atoms with Crippen LogP contribution in [0.1, 0.15) is 81.1 Å². The molecule has 0 amide bonds. The molecule has 126 valence electrons. The minimum absolute atomic E-state index is 0.308. The van der Waals surface area contributed by atoms with Crippen LogP contribution in [0, 0.1) is 23.7 Å². The molecule has 21 heavy (non-hydrogen) atoms. The fourth-order valence-electron chi connectivity index (χ4n) is 2.88. The van der Waals surface area contributed by atoms with E-state index in [1.807, 2.05) is 0 Å². The average Bonchev–Trinajstić information content (AvgIpc) is 2.21. The van der Waals surface area contributed by atoms with Gasteiger partial charge < -0.3 is 0 Å². The Morgan fingerprint density at radius 1 is 0.714 bits per heavy atom. The normalized spacial score (nSPS) is 13.8. The third kappa shape index (κ3) is 11.2. The van der Waals surface area contributed by atoms with Crippen molar-refractivity contribution in [2.75, 3.05) is 0 Å². The Hall–Kier alpha value is -0.110. The molecule has 3 heteroatoms. The SMILES string of the molecule is CC(C)CC(CC(C)C)N=NC(Cl)(CC(C)C)CC(C)C. The molecular weight excluding hydrogens is 280 g/mol. The van der Waals surface area contributed by atoms with E-state index < -0.39 is 5.00 Å². The van der Waals surface area contributed by atoms with Crippen molar-refractivity contribution in [1.29, 1.82) is 0 Å². The summed E-state index contributed by atoms with van der Waals surface area (Å²) in [7, 11) is 0. The van der Waals surface area contributed by atoms with Crippen LogP contribution in [0.2, 0.25) is 0 Å². The van der Waals surface area contributed by atoms with Crippen LogP contribution < -0.4 is 0 Å². The van der Waals surface area contributed by atoms with E-state index in [0.29, 0.717) is 29.7 Å². The first-order chi connectivity index (χ1) is 9.54. The Bertz CT molecular complexity index is 276. The number of nitrogens with zero attached hydrogens (tertiary/aromatic N) is 2. The third-order valence-corrected chi connectivity index (χ3v) is 3.71. The lowest BCUT2D eigenvalue weighted by Gasteiger charge is -2.26. The largest absolute Gasteiger partial charge is 0.189 e. The maximum Gasteiger partial charge on any atom is 0.155 e. The standard InChI is InChI=1S/C18H37ClN2/c1-13(2)9-17(10-14(3)4)20-21-18(19,11-15(5)6)12-16(7)8/h13-17H,9-12H2,1-8H3. The van der Waals surface area contributed by atoms with Crippen LogP contribution in [-0.4, -0.2) is 11.0 Å². The number of azo groups is 1. The van der Waals surface area contributed by atoms with E-state index in [1.165, 1.54) is 0 Å². The van der Waals surface area contributed by atoms with Crippen LogP contribution in [0.3, 0.4) is 0 Å². The lowest BCUT2D eigenvalue weighted by atomic mass is 9.95. The number of hydrogen-bond acceptors (Lipinski definition) is 2. The summed E-state index contributed by atoms with van der Waals surface area (Å²) < 4.78 is 0. The fraction of sp³-hybridized carbons (Fsp3) is 1.00. The minimum Gasteiger partial charge on any atom is -0.189 e. The molecule has 0 heterocycles. The second-order valence-corrected chi connectivity index (χ2v) is 8.95. The van der Waals surface area contributed by atoms with Gasteiger partial charge in [0.05, 0.1) is 6.04 Å². The molecule has 0 aromatic carbocycles. The van der Waals surface area contributed by atoms with Gasteiger partial charge in [-0.1, -0.05) is 67.0 Å². The maximum atomic E-state index is 6.79. The molecule has 0 aromatic heterocycles. The molecule has 0 aliphatic heterocycles. The second-order valence-electron chi connectivity index (χ2n) is 8.24. The molecule has 0 unspecified atom stereocenters. The Morgan fingerprint density at radius 3 is 1.38 bits per heavy atom. The fourth-order valence-corrected chi connectivity index (χ4v) is 3.54. The molecule has 0 aromatic rings. The molecule has 0 N–H and O–H groups in total. The zero-order valence-electron chi connectivity index (χ0n) is 15.5. The van der Waals surface area contributed by atoms with Crippen molar-refractivity contribution in [2.24, 2.45) is 33.9 Å². The Balaban J connectivity index is 4.96. The van der Waals surface area contributed by atoms with Crippen molar-refractivity contribution in [2.45, 2.75) is 92.1 Å². The Labute approximate surface area is 138 Å². The quantitative estimate of drug-likeness (QED) is 0.237. The third-order valence-electron chi connectivity index (χ3n) is 3.33. The minimum atomic E-state index is -0.519. The van der Waals surface area contributed by atoms with Crippen molar-refractivity contribution >= 4 is 11.6 Å². The predicted molar refractivity (Wildman–Crippen MR) is 95.0 cm³/mol. The summed E-state index contributed by atoms with van der Waals surface area (Å²) in [6.45, 7) is 17.8. The summed E-state index contributed by atoms with van der Waals surface area (Å²) in [6.07, 6.45) is 3.98. The van der Waals surface area contributed by atoms with E-state index in [0.717, 1.165) is 25.7 Å². The summed E-state index contributed by atoms with van der Waals surface area (Å²) >= 11 is 6.79. The van der Waals surface area contributed by atoms with Crippen molar-refractivity contribution < 1.29 is 0 Å². The van der Waals surface area contributed by atoms with Gasteiger partial charge in [0.25, 0.3) is 0 Å². The van der Waals surface area contributed by atoms with Crippen LogP contribution in [0.25, 0.3) is 0 Å². The van der Waals surface area contributed by atoms with E-state index >= 15 is 0 Å². The first-order valence-electron chi connectivity index (χ1n) is 8.65. The molecule has 0 saturated carbocycles. The van der Waals surface area contributed by atoms with Gasteiger partial charge >= 0.3 is 0 Å². The smallest absolute Gasteiger partial charge is 0.155 e. The first kappa shape index (κ1) is 20.9. The molecule has 0 atom stereocenters. The van der Waals surface area contributed by atoms with Crippen molar-refractivity contribution in [3.8, 4) is 0 Å². The topological polar surface area (TPSA) is 24.7 Å². The molecule has 0 saturated heterocycles. The number of hydrogen-bond donors (Lipinski definition) is 0. The predicted octanol–water partition coefficient (Wildman–Crippen LogP) is 6.93. The Morgan fingerprint density at radius 2 is 1.10 bits per heavy atom. The van der Waals surface area contributed by atoms with Crippen molar-refractivity contribution in [3.05, 3.63) is 0 Å². The summed E-state index contributed by atoms with van der Waals surface area (Å²) in [4.78, 5) is -0.519. The van der Waals surface area contributed by atoms with Gasteiger partial charge in [-0.05, 0) is 49.4 Å². The lowest BCUT2D eigenvalue weighted by Crippen LogP contribution is -2.24. The van der Waals surface area contributed by atoms with Crippen LogP contribution in [0.4, 0.5) is 0 Å². The van der Waals surface area contributed by atoms with Gasteiger partial charge in [-0.3, -0.25) is 0 Å². The summed E-state index contributed by atoms with van der Waals surface area (Å²) in [5.74, 6) is 2.36. The first-order valence-corrected chi connectivity index (χ1v) is 9.02. The van der Waals surface area contributed by atoms with Crippen LogP contribution >= 0.6 is 11.6 Å². The van der Waals surface area contributed by atoms with E-state index in [9.17, 15) is 0 Å². The highest BCUT2D eigenvalue weighted by Crippen LogP contribution is 2.34. The monoisotopic (exact) mass is 316 g/mol. The van der Waals surface area contributed by atoms with Gasteiger partial charge in [0, 0.05) is 0 Å². The molecule has 0 aliphatic carbocycles. The zero-order chi connectivity index (χ0) is 16.6. The maximum absolute atomic E-state index is 6.79. The zero-order valence-corrected chi connectivity index (χ0v) is 16.2. The van der Waals surface area contributed by atoms with E-state index in [1.54, 1.807) is 0 Å². The van der Waals surface area contributed by atoms with Gasteiger partial charge in [-0.25, -0.2) is 0 Å². The van der Waals surface area contributed by atoms with Gasteiger partial charge in [0.2, 0.25) is 0 Å². The van der Waals surface area contributed by atoms with Crippen LogP contribution in [0.5, 0.6) is 0 Å². The summed E-state index contributed by atoms with van der Waals surface area (Å²) in [5.41, 5.74) is 0. The van der Waals surface area contributed by atoms with Gasteiger partial charge in [0.1, 0.15) is 0 Å². The summed E-state index contributed by atoms with van der Waals surface area (Å²) in [6, 6.07) is 0.308. The molecule has 0 bridgehead atoms. The van der Waals surface area contributed by atoms with Gasteiger partial charge in [0.15, 0.2) is 5.00 Å².